The van der Waals surface area contributed by atoms with E-state index in [1.807, 2.05) is 30.5 Å². The Labute approximate surface area is 115 Å². The molecule has 4 nitrogen and oxygen atoms in total. The minimum atomic E-state index is -0.154. The summed E-state index contributed by atoms with van der Waals surface area (Å²) in [6.45, 7) is 2.25. The molecule has 19 heavy (non-hydrogen) atoms. The van der Waals surface area contributed by atoms with Gasteiger partial charge in [0.05, 0.1) is 17.1 Å². The van der Waals surface area contributed by atoms with Gasteiger partial charge >= 0.3 is 0 Å². The molecule has 0 atom stereocenters. The van der Waals surface area contributed by atoms with Crippen LogP contribution in [0.15, 0.2) is 52.5 Å². The molecule has 0 spiro atoms. The van der Waals surface area contributed by atoms with Crippen LogP contribution in [0.2, 0.25) is 0 Å². The molecule has 0 radical (unpaired) electrons. The highest BCUT2D eigenvalue weighted by Gasteiger charge is 2.07. The van der Waals surface area contributed by atoms with Crippen molar-refractivity contribution in [3.63, 3.8) is 0 Å². The summed E-state index contributed by atoms with van der Waals surface area (Å²) >= 11 is 1.56. The van der Waals surface area contributed by atoms with E-state index in [0.717, 1.165) is 4.88 Å². The summed E-state index contributed by atoms with van der Waals surface area (Å²) < 4.78 is 5.36. The van der Waals surface area contributed by atoms with Gasteiger partial charge < -0.3 is 9.73 Å². The number of allylic oxidation sites excluding steroid dienone is 3. The maximum atomic E-state index is 11.4. The van der Waals surface area contributed by atoms with Gasteiger partial charge in [0.1, 0.15) is 6.26 Å². The lowest BCUT2D eigenvalue weighted by Gasteiger charge is -1.96. The third kappa shape index (κ3) is 3.93. The maximum Gasteiger partial charge on any atom is 0.244 e. The molecule has 0 aliphatic heterocycles. The number of thiophene rings is 1. The van der Waals surface area contributed by atoms with E-state index in [9.17, 15) is 4.79 Å². The summed E-state index contributed by atoms with van der Waals surface area (Å²) in [5.41, 5.74) is 0.705. The highest BCUT2D eigenvalue weighted by atomic mass is 32.1. The lowest BCUT2D eigenvalue weighted by molar-refractivity contribution is -0.116. The number of hydrogen-bond donors (Lipinski definition) is 1. The molecular formula is C14H14N2O2S. The zero-order valence-corrected chi connectivity index (χ0v) is 11.3. The maximum absolute atomic E-state index is 11.4. The first-order chi connectivity index (χ1) is 9.29. The highest BCUT2D eigenvalue weighted by molar-refractivity contribution is 7.13. The predicted molar refractivity (Wildman–Crippen MR) is 75.6 cm³/mol. The van der Waals surface area contributed by atoms with Crippen molar-refractivity contribution < 1.29 is 9.21 Å². The average molecular weight is 274 g/mol. The Kier molecular flexibility index (Phi) is 4.69. The minimum absolute atomic E-state index is 0.154. The van der Waals surface area contributed by atoms with Crippen molar-refractivity contribution in [3.05, 3.63) is 53.8 Å². The van der Waals surface area contributed by atoms with Crippen molar-refractivity contribution in [2.24, 2.45) is 0 Å². The second-order valence-corrected chi connectivity index (χ2v) is 4.67. The Hall–Kier alpha value is -2.14. The predicted octanol–water partition coefficient (Wildman–Crippen LogP) is 3.15. The van der Waals surface area contributed by atoms with Crippen molar-refractivity contribution in [1.29, 1.82) is 0 Å². The van der Waals surface area contributed by atoms with Crippen LogP contribution in [-0.2, 0) is 11.3 Å². The molecule has 0 fully saturated rings. The standard InChI is InChI=1S/C14H14N2O2S/c1-2-3-4-7-13(17)15-9-11-10-18-14(16-11)12-6-5-8-19-12/h2-8,10H,9H2,1H3,(H,15,17)/b3-2+,7-4+. The molecule has 5 heteroatoms. The second kappa shape index (κ2) is 6.70. The fourth-order valence-electron chi connectivity index (χ4n) is 1.39. The molecule has 0 saturated carbocycles. The molecule has 2 aromatic heterocycles. The molecule has 0 aromatic carbocycles. The lowest BCUT2D eigenvalue weighted by Crippen LogP contribution is -2.20. The lowest BCUT2D eigenvalue weighted by atomic mass is 10.4. The Balaban J connectivity index is 1.89. The van der Waals surface area contributed by atoms with Crippen LogP contribution in [0.25, 0.3) is 10.8 Å². The Morgan fingerprint density at radius 2 is 2.42 bits per heavy atom. The minimum Gasteiger partial charge on any atom is -0.443 e. The smallest absolute Gasteiger partial charge is 0.244 e. The number of carbonyl (C=O) groups is 1. The van der Waals surface area contributed by atoms with Gasteiger partial charge in [-0.2, -0.15) is 0 Å². The number of nitrogens with zero attached hydrogens (tertiary/aromatic N) is 1. The molecule has 0 unspecified atom stereocenters. The number of carbonyl (C=O) groups excluding carboxylic acids is 1. The van der Waals surface area contributed by atoms with Gasteiger partial charge in [0.15, 0.2) is 0 Å². The van der Waals surface area contributed by atoms with Crippen LogP contribution in [0, 0.1) is 0 Å². The number of amides is 1. The van der Waals surface area contributed by atoms with Crippen LogP contribution in [0.4, 0.5) is 0 Å². The van der Waals surface area contributed by atoms with E-state index in [1.165, 1.54) is 6.08 Å². The zero-order valence-electron chi connectivity index (χ0n) is 10.5. The third-order valence-corrected chi connectivity index (χ3v) is 3.14. The number of nitrogens with one attached hydrogen (secondary N) is 1. The molecule has 2 heterocycles. The number of aromatic nitrogens is 1. The van der Waals surface area contributed by atoms with E-state index in [1.54, 1.807) is 29.8 Å². The van der Waals surface area contributed by atoms with Gasteiger partial charge in [-0.15, -0.1) is 11.3 Å². The van der Waals surface area contributed by atoms with Crippen LogP contribution in [-0.4, -0.2) is 10.9 Å². The zero-order chi connectivity index (χ0) is 13.5. The van der Waals surface area contributed by atoms with E-state index in [4.69, 9.17) is 4.42 Å². The molecular weight excluding hydrogens is 260 g/mol. The fourth-order valence-corrected chi connectivity index (χ4v) is 2.05. The molecule has 2 rings (SSSR count). The van der Waals surface area contributed by atoms with Gasteiger partial charge in [-0.25, -0.2) is 4.98 Å². The Bertz CT molecular complexity index is 582. The van der Waals surface area contributed by atoms with Crippen LogP contribution in [0.1, 0.15) is 12.6 Å². The van der Waals surface area contributed by atoms with Gasteiger partial charge in [0, 0.05) is 6.08 Å². The molecule has 0 aliphatic carbocycles. The van der Waals surface area contributed by atoms with Crippen LogP contribution >= 0.6 is 11.3 Å². The molecule has 0 bridgehead atoms. The monoisotopic (exact) mass is 274 g/mol. The number of rotatable bonds is 5. The summed E-state index contributed by atoms with van der Waals surface area (Å²) in [5.74, 6) is 0.433. The SMILES string of the molecule is C/C=C/C=C/C(=O)NCc1coc(-c2cccs2)n1. The largest absolute Gasteiger partial charge is 0.443 e. The first kappa shape index (κ1) is 13.3. The summed E-state index contributed by atoms with van der Waals surface area (Å²) in [6.07, 6.45) is 8.37. The molecule has 1 N–H and O–H groups in total. The van der Waals surface area contributed by atoms with Gasteiger partial charge in [-0.3, -0.25) is 4.79 Å². The van der Waals surface area contributed by atoms with Crippen LogP contribution in [0.5, 0.6) is 0 Å². The first-order valence-corrected chi connectivity index (χ1v) is 6.73. The van der Waals surface area contributed by atoms with E-state index in [-0.39, 0.29) is 5.91 Å². The van der Waals surface area contributed by atoms with E-state index >= 15 is 0 Å². The summed E-state index contributed by atoms with van der Waals surface area (Å²) in [6, 6.07) is 3.89. The Morgan fingerprint density at radius 3 is 3.16 bits per heavy atom. The molecule has 2 aromatic rings. The van der Waals surface area contributed by atoms with Gasteiger partial charge in [-0.05, 0) is 18.4 Å². The normalized spacial score (nSPS) is 11.4. The van der Waals surface area contributed by atoms with Crippen molar-refractivity contribution in [2.75, 3.05) is 0 Å². The van der Waals surface area contributed by atoms with E-state index in [0.29, 0.717) is 18.1 Å². The van der Waals surface area contributed by atoms with Crippen LogP contribution in [0.3, 0.4) is 0 Å². The van der Waals surface area contributed by atoms with Crippen molar-refractivity contribution in [1.82, 2.24) is 10.3 Å². The van der Waals surface area contributed by atoms with Gasteiger partial charge in [-0.1, -0.05) is 24.3 Å². The van der Waals surface area contributed by atoms with Crippen molar-refractivity contribution >= 4 is 17.2 Å². The molecule has 98 valence electrons. The molecule has 0 aliphatic rings. The van der Waals surface area contributed by atoms with Gasteiger partial charge in [0.2, 0.25) is 11.8 Å². The summed E-state index contributed by atoms with van der Waals surface area (Å²) in [5, 5.41) is 4.70. The second-order valence-electron chi connectivity index (χ2n) is 3.72. The van der Waals surface area contributed by atoms with Crippen molar-refractivity contribution in [3.8, 4) is 10.8 Å². The van der Waals surface area contributed by atoms with Crippen molar-refractivity contribution in [2.45, 2.75) is 13.5 Å². The quantitative estimate of drug-likeness (QED) is 0.673. The summed E-state index contributed by atoms with van der Waals surface area (Å²) in [4.78, 5) is 16.7. The highest BCUT2D eigenvalue weighted by Crippen LogP contribution is 2.23. The number of oxazole rings is 1. The van der Waals surface area contributed by atoms with E-state index < -0.39 is 0 Å². The Morgan fingerprint density at radius 1 is 1.53 bits per heavy atom. The molecule has 1 amide bonds. The number of hydrogen-bond acceptors (Lipinski definition) is 4. The third-order valence-electron chi connectivity index (χ3n) is 2.28. The van der Waals surface area contributed by atoms with Crippen LogP contribution < -0.4 is 5.32 Å². The molecule has 0 saturated heterocycles. The topological polar surface area (TPSA) is 55.1 Å². The van der Waals surface area contributed by atoms with Gasteiger partial charge in [0.25, 0.3) is 0 Å². The average Bonchev–Trinajstić information content (AvgIpc) is 3.07. The first-order valence-electron chi connectivity index (χ1n) is 5.85. The van der Waals surface area contributed by atoms with E-state index in [2.05, 4.69) is 10.3 Å². The summed E-state index contributed by atoms with van der Waals surface area (Å²) in [7, 11) is 0. The fraction of sp³-hybridized carbons (Fsp3) is 0.143.